The fourth-order valence-corrected chi connectivity index (χ4v) is 7.04. The van der Waals surface area contributed by atoms with Crippen LogP contribution in [-0.4, -0.2) is 4.57 Å². The SMILES string of the molecule is N#Cc1cccc(C#N)c1-c1ccc2c(c1)c1ccc(-c3c(C#N)cccc3C#N)cc1n2-c1cc(-c2ccccc2)cc(-c2ccccc2)c1. The van der Waals surface area contributed by atoms with Crippen molar-refractivity contribution in [3.8, 4) is 74.5 Å². The molecule has 0 aliphatic heterocycles. The summed E-state index contributed by atoms with van der Waals surface area (Å²) in [6.45, 7) is 0. The Kier molecular flexibility index (Phi) is 7.64. The molecule has 1 heterocycles. The van der Waals surface area contributed by atoms with Crippen LogP contribution in [0.4, 0.5) is 0 Å². The molecule has 0 aliphatic rings. The normalized spacial score (nSPS) is 10.7. The van der Waals surface area contributed by atoms with Gasteiger partial charge < -0.3 is 4.57 Å². The van der Waals surface area contributed by atoms with Crippen molar-refractivity contribution in [1.82, 2.24) is 4.57 Å². The summed E-state index contributed by atoms with van der Waals surface area (Å²) >= 11 is 0. The third-order valence-electron chi connectivity index (χ3n) is 9.34. The highest BCUT2D eigenvalue weighted by Crippen LogP contribution is 2.41. The maximum absolute atomic E-state index is 10.1. The molecular formula is C46H25N5. The van der Waals surface area contributed by atoms with Crippen molar-refractivity contribution in [2.45, 2.75) is 0 Å². The van der Waals surface area contributed by atoms with E-state index in [0.717, 1.165) is 60.9 Å². The van der Waals surface area contributed by atoms with Gasteiger partial charge in [-0.15, -0.1) is 0 Å². The van der Waals surface area contributed by atoms with E-state index in [0.29, 0.717) is 33.4 Å². The van der Waals surface area contributed by atoms with Gasteiger partial charge in [0, 0.05) is 27.6 Å². The van der Waals surface area contributed by atoms with Crippen LogP contribution < -0.4 is 0 Å². The first-order chi connectivity index (χ1) is 25.1. The molecule has 7 aromatic carbocycles. The second kappa shape index (κ2) is 12.7. The highest BCUT2D eigenvalue weighted by molar-refractivity contribution is 6.12. The maximum atomic E-state index is 10.1. The summed E-state index contributed by atoms with van der Waals surface area (Å²) in [4.78, 5) is 0. The van der Waals surface area contributed by atoms with Gasteiger partial charge in [0.05, 0.1) is 57.6 Å². The van der Waals surface area contributed by atoms with Crippen LogP contribution in [0.15, 0.2) is 152 Å². The Balaban J connectivity index is 1.48. The lowest BCUT2D eigenvalue weighted by molar-refractivity contribution is 1.18. The Morgan fingerprint density at radius 2 is 0.804 bits per heavy atom. The summed E-state index contributed by atoms with van der Waals surface area (Å²) in [5, 5.41) is 42.0. The number of nitriles is 4. The van der Waals surface area contributed by atoms with E-state index < -0.39 is 0 Å². The van der Waals surface area contributed by atoms with Crippen molar-refractivity contribution < 1.29 is 0 Å². The number of fused-ring (bicyclic) bond motifs is 3. The van der Waals surface area contributed by atoms with E-state index in [1.807, 2.05) is 72.8 Å². The first-order valence-electron chi connectivity index (χ1n) is 16.3. The van der Waals surface area contributed by atoms with Crippen LogP contribution in [0.5, 0.6) is 0 Å². The van der Waals surface area contributed by atoms with Crippen LogP contribution in [0.1, 0.15) is 22.3 Å². The predicted molar refractivity (Wildman–Crippen MR) is 201 cm³/mol. The van der Waals surface area contributed by atoms with Gasteiger partial charge >= 0.3 is 0 Å². The summed E-state index contributed by atoms with van der Waals surface area (Å²) in [5.74, 6) is 0. The minimum Gasteiger partial charge on any atom is -0.309 e. The predicted octanol–water partition coefficient (Wildman–Crippen LogP) is 10.9. The number of hydrogen-bond donors (Lipinski definition) is 0. The minimum absolute atomic E-state index is 0.424. The van der Waals surface area contributed by atoms with Gasteiger partial charge in [0.25, 0.3) is 0 Å². The largest absolute Gasteiger partial charge is 0.309 e. The van der Waals surface area contributed by atoms with E-state index in [4.69, 9.17) is 0 Å². The highest BCUT2D eigenvalue weighted by atomic mass is 15.0. The van der Waals surface area contributed by atoms with Gasteiger partial charge in [-0.25, -0.2) is 0 Å². The molecule has 0 radical (unpaired) electrons. The molecule has 0 fully saturated rings. The zero-order chi connectivity index (χ0) is 34.9. The van der Waals surface area contributed by atoms with Crippen molar-refractivity contribution >= 4 is 21.8 Å². The van der Waals surface area contributed by atoms with Gasteiger partial charge in [-0.3, -0.25) is 0 Å². The third kappa shape index (κ3) is 5.26. The van der Waals surface area contributed by atoms with Gasteiger partial charge in [-0.2, -0.15) is 21.0 Å². The maximum Gasteiger partial charge on any atom is 0.0998 e. The van der Waals surface area contributed by atoms with Crippen molar-refractivity contribution in [3.63, 3.8) is 0 Å². The second-order valence-electron chi connectivity index (χ2n) is 12.2. The number of hydrogen-bond acceptors (Lipinski definition) is 4. The van der Waals surface area contributed by atoms with Crippen molar-refractivity contribution in [3.05, 3.63) is 174 Å². The monoisotopic (exact) mass is 647 g/mol. The average Bonchev–Trinajstić information content (AvgIpc) is 3.53. The molecule has 234 valence electrons. The third-order valence-corrected chi connectivity index (χ3v) is 9.34. The molecule has 5 nitrogen and oxygen atoms in total. The summed E-state index contributed by atoms with van der Waals surface area (Å²) in [5.41, 5.74) is 11.4. The molecule has 0 saturated heterocycles. The second-order valence-corrected chi connectivity index (χ2v) is 12.2. The topological polar surface area (TPSA) is 100 Å². The van der Waals surface area contributed by atoms with Gasteiger partial charge in [-0.1, -0.05) is 91.0 Å². The van der Waals surface area contributed by atoms with E-state index in [-0.39, 0.29) is 0 Å². The van der Waals surface area contributed by atoms with Crippen LogP contribution in [0.3, 0.4) is 0 Å². The van der Waals surface area contributed by atoms with Crippen molar-refractivity contribution in [2.24, 2.45) is 0 Å². The molecule has 0 amide bonds. The number of aromatic nitrogens is 1. The summed E-state index contributed by atoms with van der Waals surface area (Å²) < 4.78 is 2.22. The molecule has 8 aromatic rings. The average molecular weight is 648 g/mol. The molecule has 8 rings (SSSR count). The molecule has 0 unspecified atom stereocenters. The Morgan fingerprint density at radius 3 is 1.29 bits per heavy atom. The minimum atomic E-state index is 0.424. The van der Waals surface area contributed by atoms with Crippen molar-refractivity contribution in [1.29, 1.82) is 21.0 Å². The number of benzene rings is 7. The number of rotatable bonds is 5. The molecule has 0 N–H and O–H groups in total. The van der Waals surface area contributed by atoms with Gasteiger partial charge in [0.15, 0.2) is 0 Å². The first kappa shape index (κ1) is 30.6. The fraction of sp³-hybridized carbons (Fsp3) is 0. The molecule has 5 heteroatoms. The Hall–Kier alpha value is -7.70. The van der Waals surface area contributed by atoms with Crippen LogP contribution in [-0.2, 0) is 0 Å². The summed E-state index contributed by atoms with van der Waals surface area (Å²) in [7, 11) is 0. The van der Waals surface area contributed by atoms with E-state index in [9.17, 15) is 21.0 Å². The van der Waals surface area contributed by atoms with E-state index >= 15 is 0 Å². The molecule has 0 spiro atoms. The smallest absolute Gasteiger partial charge is 0.0998 e. The van der Waals surface area contributed by atoms with E-state index in [2.05, 4.69) is 71.3 Å². The molecular weight excluding hydrogens is 623 g/mol. The fourth-order valence-electron chi connectivity index (χ4n) is 7.04. The van der Waals surface area contributed by atoms with Crippen LogP contribution in [0.25, 0.3) is 72.0 Å². The zero-order valence-electron chi connectivity index (χ0n) is 27.2. The lowest BCUT2D eigenvalue weighted by Gasteiger charge is -2.15. The van der Waals surface area contributed by atoms with Gasteiger partial charge in [0.2, 0.25) is 0 Å². The first-order valence-corrected chi connectivity index (χ1v) is 16.3. The molecule has 51 heavy (non-hydrogen) atoms. The number of nitrogens with zero attached hydrogens (tertiary/aromatic N) is 5. The van der Waals surface area contributed by atoms with Crippen LogP contribution >= 0.6 is 0 Å². The zero-order valence-corrected chi connectivity index (χ0v) is 27.2. The van der Waals surface area contributed by atoms with Crippen molar-refractivity contribution in [2.75, 3.05) is 0 Å². The Labute approximate surface area is 295 Å². The van der Waals surface area contributed by atoms with E-state index in [1.165, 1.54) is 0 Å². The quantitative estimate of drug-likeness (QED) is 0.185. The molecule has 0 aliphatic carbocycles. The van der Waals surface area contributed by atoms with Gasteiger partial charge in [0.1, 0.15) is 0 Å². The lowest BCUT2D eigenvalue weighted by Crippen LogP contribution is -1.97. The molecule has 0 atom stereocenters. The Bertz CT molecular complexity index is 2710. The molecule has 0 saturated carbocycles. The van der Waals surface area contributed by atoms with Crippen LogP contribution in [0, 0.1) is 45.3 Å². The Morgan fingerprint density at radius 1 is 0.333 bits per heavy atom. The highest BCUT2D eigenvalue weighted by Gasteiger charge is 2.20. The van der Waals surface area contributed by atoms with Crippen LogP contribution in [0.2, 0.25) is 0 Å². The standard InChI is InChI=1S/C46H25N5/c47-26-34-13-7-14-35(27-48)45(34)32-18-20-43-42(24-32)41-19-17-33(46-36(28-49)15-8-16-37(46)29-50)25-44(41)51(43)40-22-38(30-9-3-1-4-10-30)21-39(23-40)31-11-5-2-6-12-31/h1-25H. The summed E-state index contributed by atoms with van der Waals surface area (Å²) in [6, 6.07) is 58.7. The molecule has 0 bridgehead atoms. The molecule has 1 aromatic heterocycles. The van der Waals surface area contributed by atoms with E-state index in [1.54, 1.807) is 36.4 Å². The lowest BCUT2D eigenvalue weighted by atomic mass is 9.93. The van der Waals surface area contributed by atoms with Gasteiger partial charge in [-0.05, 0) is 94.0 Å². The summed E-state index contributed by atoms with van der Waals surface area (Å²) in [6.07, 6.45) is 0.